The van der Waals surface area contributed by atoms with E-state index in [1.54, 1.807) is 0 Å². The largest absolute Gasteiger partial charge is 0.337 e. The molecule has 0 aromatic carbocycles. The highest BCUT2D eigenvalue weighted by molar-refractivity contribution is 5.85. The molecule has 1 aliphatic heterocycles. The molecular weight excluding hydrogens is 236 g/mol. The molecular formula is C12H23ClN4. The van der Waals surface area contributed by atoms with Gasteiger partial charge in [-0.1, -0.05) is 6.92 Å². The Morgan fingerprint density at radius 3 is 2.88 bits per heavy atom. The first-order valence-corrected chi connectivity index (χ1v) is 6.10. The molecule has 0 bridgehead atoms. The van der Waals surface area contributed by atoms with Crippen molar-refractivity contribution in [2.24, 2.45) is 18.7 Å². The molecule has 2 unspecified atom stereocenters. The minimum Gasteiger partial charge on any atom is -0.337 e. The molecule has 4 nitrogen and oxygen atoms in total. The molecule has 2 N–H and O–H groups in total. The molecule has 5 heteroatoms. The maximum Gasteiger partial charge on any atom is 0.0945 e. The summed E-state index contributed by atoms with van der Waals surface area (Å²) in [6.07, 6.45) is 6.33. The van der Waals surface area contributed by atoms with E-state index in [4.69, 9.17) is 5.73 Å². The highest BCUT2D eigenvalue weighted by atomic mass is 35.5. The lowest BCUT2D eigenvalue weighted by molar-refractivity contribution is 0.113. The zero-order valence-corrected chi connectivity index (χ0v) is 11.5. The normalized spacial score (nSPS) is 25.6. The molecule has 2 atom stereocenters. The van der Waals surface area contributed by atoms with Crippen molar-refractivity contribution in [1.29, 1.82) is 0 Å². The van der Waals surface area contributed by atoms with Crippen molar-refractivity contribution in [1.82, 2.24) is 14.5 Å². The first-order chi connectivity index (χ1) is 7.70. The summed E-state index contributed by atoms with van der Waals surface area (Å²) in [7, 11) is 2.05. The van der Waals surface area contributed by atoms with E-state index < -0.39 is 0 Å². The van der Waals surface area contributed by atoms with Gasteiger partial charge in [-0.3, -0.25) is 4.90 Å². The predicted octanol–water partition coefficient (Wildman–Crippen LogP) is 1.40. The van der Waals surface area contributed by atoms with Gasteiger partial charge in [0.25, 0.3) is 0 Å². The van der Waals surface area contributed by atoms with Crippen LogP contribution in [0.3, 0.4) is 0 Å². The van der Waals surface area contributed by atoms with Gasteiger partial charge in [0.2, 0.25) is 0 Å². The summed E-state index contributed by atoms with van der Waals surface area (Å²) in [5, 5.41) is 0. The minimum absolute atomic E-state index is 0. The van der Waals surface area contributed by atoms with E-state index in [1.165, 1.54) is 18.5 Å². The quantitative estimate of drug-likeness (QED) is 0.892. The van der Waals surface area contributed by atoms with Crippen LogP contribution in [0.2, 0.25) is 0 Å². The van der Waals surface area contributed by atoms with E-state index in [0.29, 0.717) is 6.04 Å². The fraction of sp³-hybridized carbons (Fsp3) is 0.750. The lowest BCUT2D eigenvalue weighted by Crippen LogP contribution is -2.45. The van der Waals surface area contributed by atoms with Crippen LogP contribution in [0.5, 0.6) is 0 Å². The summed E-state index contributed by atoms with van der Waals surface area (Å²) in [5.74, 6) is 0.816. The third-order valence-electron chi connectivity index (χ3n) is 3.65. The third kappa shape index (κ3) is 3.44. The number of nitrogens with two attached hydrogens (primary N) is 1. The summed E-state index contributed by atoms with van der Waals surface area (Å²) in [6, 6.07) is 0.540. The van der Waals surface area contributed by atoms with Crippen molar-refractivity contribution in [2.45, 2.75) is 32.4 Å². The van der Waals surface area contributed by atoms with Crippen molar-refractivity contribution in [3.05, 3.63) is 18.2 Å². The molecule has 2 heterocycles. The molecule has 0 amide bonds. The number of aromatic nitrogens is 2. The van der Waals surface area contributed by atoms with Crippen molar-refractivity contribution >= 4 is 12.4 Å². The second-order valence-electron chi connectivity index (χ2n) is 4.99. The average molecular weight is 259 g/mol. The highest BCUT2D eigenvalue weighted by Gasteiger charge is 2.25. The van der Waals surface area contributed by atoms with E-state index in [1.807, 2.05) is 19.6 Å². The molecule has 1 fully saturated rings. The number of halogens is 1. The minimum atomic E-state index is 0. The smallest absolute Gasteiger partial charge is 0.0945 e. The SMILES string of the molecule is CC1CCN(Cc2cncn2C)C(CN)C1.Cl. The van der Waals surface area contributed by atoms with Crippen LogP contribution in [-0.2, 0) is 13.6 Å². The Morgan fingerprint density at radius 2 is 2.29 bits per heavy atom. The Bertz CT molecular complexity index is 339. The van der Waals surface area contributed by atoms with Gasteiger partial charge in [-0.05, 0) is 25.3 Å². The summed E-state index contributed by atoms with van der Waals surface area (Å²) in [4.78, 5) is 6.66. The van der Waals surface area contributed by atoms with Crippen LogP contribution in [0.4, 0.5) is 0 Å². The lowest BCUT2D eigenvalue weighted by atomic mass is 9.92. The second-order valence-corrected chi connectivity index (χ2v) is 4.99. The van der Waals surface area contributed by atoms with Crippen LogP contribution in [0.15, 0.2) is 12.5 Å². The van der Waals surface area contributed by atoms with E-state index in [2.05, 4.69) is 21.4 Å². The van der Waals surface area contributed by atoms with Crippen LogP contribution in [0.1, 0.15) is 25.5 Å². The Kier molecular flexibility index (Phi) is 5.43. The van der Waals surface area contributed by atoms with Crippen molar-refractivity contribution in [3.8, 4) is 0 Å². The van der Waals surface area contributed by atoms with Gasteiger partial charge in [0.05, 0.1) is 12.0 Å². The Balaban J connectivity index is 0.00000144. The molecule has 1 aliphatic rings. The first kappa shape index (κ1) is 14.5. The van der Waals surface area contributed by atoms with Gasteiger partial charge in [0.15, 0.2) is 0 Å². The van der Waals surface area contributed by atoms with E-state index in [-0.39, 0.29) is 12.4 Å². The molecule has 98 valence electrons. The zero-order chi connectivity index (χ0) is 11.5. The number of hydrogen-bond donors (Lipinski definition) is 1. The van der Waals surface area contributed by atoms with E-state index >= 15 is 0 Å². The van der Waals surface area contributed by atoms with Crippen molar-refractivity contribution in [3.63, 3.8) is 0 Å². The monoisotopic (exact) mass is 258 g/mol. The molecule has 2 rings (SSSR count). The predicted molar refractivity (Wildman–Crippen MR) is 72.1 cm³/mol. The fourth-order valence-electron chi connectivity index (χ4n) is 2.50. The Morgan fingerprint density at radius 1 is 1.53 bits per heavy atom. The fourth-order valence-corrected chi connectivity index (χ4v) is 2.50. The van der Waals surface area contributed by atoms with Crippen molar-refractivity contribution in [2.75, 3.05) is 13.1 Å². The van der Waals surface area contributed by atoms with Gasteiger partial charge < -0.3 is 10.3 Å². The van der Waals surface area contributed by atoms with E-state index in [0.717, 1.165) is 25.6 Å². The molecule has 1 aromatic heterocycles. The number of hydrogen-bond acceptors (Lipinski definition) is 3. The van der Waals surface area contributed by atoms with Crippen molar-refractivity contribution < 1.29 is 0 Å². The molecule has 17 heavy (non-hydrogen) atoms. The molecule has 0 aliphatic carbocycles. The van der Waals surface area contributed by atoms with Crippen LogP contribution in [0, 0.1) is 5.92 Å². The van der Waals surface area contributed by atoms with Crippen LogP contribution >= 0.6 is 12.4 Å². The van der Waals surface area contributed by atoms with Gasteiger partial charge in [-0.15, -0.1) is 12.4 Å². The Hall–Kier alpha value is -0.580. The zero-order valence-electron chi connectivity index (χ0n) is 10.7. The first-order valence-electron chi connectivity index (χ1n) is 6.10. The van der Waals surface area contributed by atoms with Gasteiger partial charge >= 0.3 is 0 Å². The average Bonchev–Trinajstić information content (AvgIpc) is 2.67. The summed E-state index contributed by atoms with van der Waals surface area (Å²) < 4.78 is 2.09. The van der Waals surface area contributed by atoms with Gasteiger partial charge in [0, 0.05) is 32.4 Å². The standard InChI is InChI=1S/C12H22N4.ClH/c1-10-3-4-16(11(5-10)6-13)8-12-7-14-9-15(12)2;/h7,9-11H,3-6,8,13H2,1-2H3;1H. The highest BCUT2D eigenvalue weighted by Crippen LogP contribution is 2.23. The number of piperidine rings is 1. The molecule has 0 saturated carbocycles. The number of aryl methyl sites for hydroxylation is 1. The van der Waals surface area contributed by atoms with Crippen LogP contribution in [0.25, 0.3) is 0 Å². The van der Waals surface area contributed by atoms with Gasteiger partial charge in [-0.2, -0.15) is 0 Å². The number of nitrogens with zero attached hydrogens (tertiary/aromatic N) is 3. The molecule has 1 saturated heterocycles. The van der Waals surface area contributed by atoms with Gasteiger partial charge in [-0.25, -0.2) is 4.98 Å². The third-order valence-corrected chi connectivity index (χ3v) is 3.65. The summed E-state index contributed by atoms with van der Waals surface area (Å²) in [5.41, 5.74) is 7.13. The molecule has 0 spiro atoms. The van der Waals surface area contributed by atoms with Crippen LogP contribution < -0.4 is 5.73 Å². The van der Waals surface area contributed by atoms with Crippen LogP contribution in [-0.4, -0.2) is 33.6 Å². The second kappa shape index (κ2) is 6.38. The number of imidazole rings is 1. The van der Waals surface area contributed by atoms with E-state index in [9.17, 15) is 0 Å². The number of likely N-dealkylation sites (tertiary alicyclic amines) is 1. The summed E-state index contributed by atoms with van der Waals surface area (Å²) in [6.45, 7) is 5.23. The Labute approximate surface area is 110 Å². The van der Waals surface area contributed by atoms with Gasteiger partial charge in [0.1, 0.15) is 0 Å². The summed E-state index contributed by atoms with van der Waals surface area (Å²) >= 11 is 0. The topological polar surface area (TPSA) is 47.1 Å². The number of rotatable bonds is 3. The lowest BCUT2D eigenvalue weighted by Gasteiger charge is -2.37. The maximum absolute atomic E-state index is 5.86. The maximum atomic E-state index is 5.86. The molecule has 0 radical (unpaired) electrons. The molecule has 1 aromatic rings.